The van der Waals surface area contributed by atoms with Crippen LogP contribution in [0, 0.1) is 27.7 Å². The van der Waals surface area contributed by atoms with Crippen LogP contribution in [0.1, 0.15) is 28.1 Å². The second-order valence-electron chi connectivity index (χ2n) is 7.34. The molecule has 1 saturated heterocycles. The number of amides is 1. The number of nitrogens with zero attached hydrogens (tertiary/aromatic N) is 2. The number of halogens is 1. The highest BCUT2D eigenvalue weighted by Crippen LogP contribution is 2.32. The number of carbonyl (C=O) groups is 1. The molecule has 2 aromatic carbocycles. The van der Waals surface area contributed by atoms with Crippen molar-refractivity contribution in [1.82, 2.24) is 9.88 Å². The van der Waals surface area contributed by atoms with E-state index in [2.05, 4.69) is 33.9 Å². The molecule has 0 saturated carbocycles. The summed E-state index contributed by atoms with van der Waals surface area (Å²) in [5, 5.41) is 4.17. The molecule has 4 rings (SSSR count). The lowest BCUT2D eigenvalue weighted by Gasteiger charge is -2.10. The number of aromatic nitrogens is 1. The van der Waals surface area contributed by atoms with Crippen molar-refractivity contribution in [3.8, 4) is 5.69 Å². The van der Waals surface area contributed by atoms with Crippen LogP contribution in [0.25, 0.3) is 11.8 Å². The Morgan fingerprint density at radius 1 is 1.07 bits per heavy atom. The first kappa shape index (κ1) is 20.5. The van der Waals surface area contributed by atoms with E-state index in [1.165, 1.54) is 17.3 Å². The molecule has 1 aliphatic rings. The van der Waals surface area contributed by atoms with Crippen LogP contribution >= 0.6 is 23.4 Å². The number of benzene rings is 2. The number of aryl methyl sites for hydroxylation is 2. The van der Waals surface area contributed by atoms with E-state index in [9.17, 15) is 4.79 Å². The SMILES string of the molecule is Cc1cccc(N=C2NC(=O)/C(=C/c3cc(C)n(-c4cccc(Cl)c4)c3C)S2)c1C. The molecule has 0 aliphatic carbocycles. The number of amidine groups is 1. The van der Waals surface area contributed by atoms with Gasteiger partial charge in [-0.25, -0.2) is 4.99 Å². The molecule has 0 unspecified atom stereocenters. The van der Waals surface area contributed by atoms with Crippen LogP contribution in [0.2, 0.25) is 5.02 Å². The summed E-state index contributed by atoms with van der Waals surface area (Å²) < 4.78 is 2.14. The van der Waals surface area contributed by atoms with Gasteiger partial charge in [-0.05, 0) is 92.6 Å². The Morgan fingerprint density at radius 3 is 2.60 bits per heavy atom. The van der Waals surface area contributed by atoms with Crippen LogP contribution in [-0.2, 0) is 4.79 Å². The molecule has 0 spiro atoms. The summed E-state index contributed by atoms with van der Waals surface area (Å²) in [5.74, 6) is -0.128. The van der Waals surface area contributed by atoms with Crippen LogP contribution in [0.4, 0.5) is 5.69 Å². The normalized spacial score (nSPS) is 16.5. The maximum atomic E-state index is 12.5. The highest BCUT2D eigenvalue weighted by Gasteiger charge is 2.25. The monoisotopic (exact) mass is 435 g/mol. The van der Waals surface area contributed by atoms with Gasteiger partial charge in [0.1, 0.15) is 0 Å². The van der Waals surface area contributed by atoms with Crippen molar-refractivity contribution in [2.24, 2.45) is 4.99 Å². The molecule has 2 heterocycles. The van der Waals surface area contributed by atoms with Crippen molar-refractivity contribution < 1.29 is 4.79 Å². The number of hydrogen-bond donors (Lipinski definition) is 1. The average Bonchev–Trinajstić information content (AvgIpc) is 3.17. The largest absolute Gasteiger partial charge is 0.318 e. The summed E-state index contributed by atoms with van der Waals surface area (Å²) in [6.07, 6.45) is 1.93. The van der Waals surface area contributed by atoms with E-state index in [1.807, 2.05) is 63.2 Å². The number of rotatable bonds is 3. The molecular formula is C24H22ClN3OS. The molecule has 1 aromatic heterocycles. The second-order valence-corrected chi connectivity index (χ2v) is 8.81. The molecule has 152 valence electrons. The molecule has 3 aromatic rings. The zero-order valence-electron chi connectivity index (χ0n) is 17.3. The zero-order valence-corrected chi connectivity index (χ0v) is 18.9. The van der Waals surface area contributed by atoms with Gasteiger partial charge in [-0.1, -0.05) is 29.8 Å². The molecule has 1 fully saturated rings. The van der Waals surface area contributed by atoms with E-state index in [-0.39, 0.29) is 5.91 Å². The van der Waals surface area contributed by atoms with Crippen LogP contribution in [0.5, 0.6) is 0 Å². The summed E-state index contributed by atoms with van der Waals surface area (Å²) in [6, 6.07) is 15.8. The van der Waals surface area contributed by atoms with Gasteiger partial charge in [0, 0.05) is 22.1 Å². The number of hydrogen-bond acceptors (Lipinski definition) is 3. The lowest BCUT2D eigenvalue weighted by Crippen LogP contribution is -2.19. The van der Waals surface area contributed by atoms with Crippen LogP contribution in [0.15, 0.2) is 58.4 Å². The molecule has 1 aliphatic heterocycles. The molecule has 6 heteroatoms. The van der Waals surface area contributed by atoms with E-state index in [4.69, 9.17) is 11.6 Å². The lowest BCUT2D eigenvalue weighted by atomic mass is 10.1. The molecule has 0 atom stereocenters. The molecular weight excluding hydrogens is 414 g/mol. The molecule has 0 radical (unpaired) electrons. The summed E-state index contributed by atoms with van der Waals surface area (Å²) in [5.41, 5.74) is 7.29. The highest BCUT2D eigenvalue weighted by atomic mass is 35.5. The van der Waals surface area contributed by atoms with Gasteiger partial charge in [0.2, 0.25) is 0 Å². The fourth-order valence-electron chi connectivity index (χ4n) is 3.53. The third kappa shape index (κ3) is 3.95. The third-order valence-corrected chi connectivity index (χ3v) is 6.42. The van der Waals surface area contributed by atoms with Gasteiger partial charge < -0.3 is 9.88 Å². The van der Waals surface area contributed by atoms with Crippen molar-refractivity contribution >= 4 is 46.2 Å². The average molecular weight is 436 g/mol. The first-order valence-electron chi connectivity index (χ1n) is 9.64. The minimum atomic E-state index is -0.128. The Balaban J connectivity index is 1.66. The van der Waals surface area contributed by atoms with Gasteiger partial charge in [0.25, 0.3) is 5.91 Å². The van der Waals surface area contributed by atoms with Gasteiger partial charge in [0.15, 0.2) is 5.17 Å². The van der Waals surface area contributed by atoms with Gasteiger partial charge in [-0.2, -0.15) is 0 Å². The Kier molecular flexibility index (Phi) is 5.58. The van der Waals surface area contributed by atoms with E-state index in [1.54, 1.807) is 0 Å². The van der Waals surface area contributed by atoms with E-state index >= 15 is 0 Å². The van der Waals surface area contributed by atoms with Crippen LogP contribution < -0.4 is 5.32 Å². The summed E-state index contributed by atoms with van der Waals surface area (Å²) >= 11 is 7.54. The topological polar surface area (TPSA) is 46.4 Å². The number of carbonyl (C=O) groups excluding carboxylic acids is 1. The summed E-state index contributed by atoms with van der Waals surface area (Å²) in [4.78, 5) is 17.8. The fourth-order valence-corrected chi connectivity index (χ4v) is 4.54. The lowest BCUT2D eigenvalue weighted by molar-refractivity contribution is -0.115. The standard InChI is InChI=1S/C24H22ClN3OS/c1-14-7-5-10-21(16(14)3)26-24-27-23(29)22(30-24)12-18-11-15(2)28(17(18)4)20-9-6-8-19(25)13-20/h5-13H,1-4H3,(H,26,27,29)/b22-12-. The molecule has 4 nitrogen and oxygen atoms in total. The van der Waals surface area contributed by atoms with Crippen molar-refractivity contribution in [3.63, 3.8) is 0 Å². The second kappa shape index (κ2) is 8.17. The molecule has 1 N–H and O–H groups in total. The quantitative estimate of drug-likeness (QED) is 0.494. The molecule has 1 amide bonds. The predicted octanol–water partition coefficient (Wildman–Crippen LogP) is 6.26. The minimum absolute atomic E-state index is 0.128. The van der Waals surface area contributed by atoms with Gasteiger partial charge >= 0.3 is 0 Å². The fraction of sp³-hybridized carbons (Fsp3) is 0.167. The van der Waals surface area contributed by atoms with Crippen LogP contribution in [0.3, 0.4) is 0 Å². The van der Waals surface area contributed by atoms with Gasteiger partial charge in [0.05, 0.1) is 10.6 Å². The van der Waals surface area contributed by atoms with Crippen molar-refractivity contribution in [3.05, 3.63) is 86.5 Å². The Hall–Kier alpha value is -2.76. The first-order chi connectivity index (χ1) is 14.3. The predicted molar refractivity (Wildman–Crippen MR) is 127 cm³/mol. The molecule has 30 heavy (non-hydrogen) atoms. The van der Waals surface area contributed by atoms with Crippen molar-refractivity contribution in [2.75, 3.05) is 0 Å². The van der Waals surface area contributed by atoms with Crippen molar-refractivity contribution in [1.29, 1.82) is 0 Å². The number of aliphatic imine (C=N–C) groups is 1. The van der Waals surface area contributed by atoms with Gasteiger partial charge in [-0.15, -0.1) is 0 Å². The third-order valence-electron chi connectivity index (χ3n) is 5.27. The summed E-state index contributed by atoms with van der Waals surface area (Å²) in [6.45, 7) is 8.19. The maximum absolute atomic E-state index is 12.5. The smallest absolute Gasteiger partial charge is 0.264 e. The summed E-state index contributed by atoms with van der Waals surface area (Å²) in [7, 11) is 0. The van der Waals surface area contributed by atoms with E-state index in [0.717, 1.165) is 33.9 Å². The minimum Gasteiger partial charge on any atom is -0.318 e. The number of thioether (sulfide) groups is 1. The molecule has 0 bridgehead atoms. The first-order valence-corrected chi connectivity index (χ1v) is 10.8. The van der Waals surface area contributed by atoms with E-state index in [0.29, 0.717) is 15.1 Å². The Bertz CT molecular complexity index is 1220. The maximum Gasteiger partial charge on any atom is 0.264 e. The Labute approximate surface area is 185 Å². The Morgan fingerprint density at radius 2 is 1.83 bits per heavy atom. The van der Waals surface area contributed by atoms with Crippen molar-refractivity contribution in [2.45, 2.75) is 27.7 Å². The van der Waals surface area contributed by atoms with Gasteiger partial charge in [-0.3, -0.25) is 4.79 Å². The number of nitrogens with one attached hydrogen (secondary N) is 1. The highest BCUT2D eigenvalue weighted by molar-refractivity contribution is 8.18. The zero-order chi connectivity index (χ0) is 21.4. The van der Waals surface area contributed by atoms with Crippen LogP contribution in [-0.4, -0.2) is 15.6 Å². The van der Waals surface area contributed by atoms with E-state index < -0.39 is 0 Å².